The van der Waals surface area contributed by atoms with Crippen molar-refractivity contribution >= 4 is 50.4 Å². The minimum absolute atomic E-state index is 0.258. The van der Waals surface area contributed by atoms with Gasteiger partial charge in [0.15, 0.2) is 0 Å². The van der Waals surface area contributed by atoms with Crippen LogP contribution in [-0.4, -0.2) is 11.0 Å². The zero-order valence-electron chi connectivity index (χ0n) is 13.3. The van der Waals surface area contributed by atoms with E-state index in [9.17, 15) is 4.79 Å². The van der Waals surface area contributed by atoms with E-state index in [1.54, 1.807) is 0 Å². The fourth-order valence-electron chi connectivity index (χ4n) is 2.81. The molecule has 0 N–H and O–H groups in total. The van der Waals surface area contributed by atoms with Gasteiger partial charge < -0.3 is 4.74 Å². The highest BCUT2D eigenvalue weighted by molar-refractivity contribution is 14.1. The fraction of sp³-hybridized carbons (Fsp3) is 0.0476. The van der Waals surface area contributed by atoms with Gasteiger partial charge in [-0.15, -0.1) is 0 Å². The number of fused-ring (bicyclic) bond motifs is 2. The molecule has 0 saturated carbocycles. The van der Waals surface area contributed by atoms with Crippen LogP contribution in [0.5, 0.6) is 0 Å². The summed E-state index contributed by atoms with van der Waals surface area (Å²) in [4.78, 5) is 17.4. The Morgan fingerprint density at radius 2 is 1.68 bits per heavy atom. The molecule has 4 rings (SSSR count). The van der Waals surface area contributed by atoms with Gasteiger partial charge in [0.1, 0.15) is 6.61 Å². The molecule has 4 aromatic rings. The lowest BCUT2D eigenvalue weighted by atomic mass is 10.1. The summed E-state index contributed by atoms with van der Waals surface area (Å²) in [5.41, 5.74) is 3.24. The van der Waals surface area contributed by atoms with Gasteiger partial charge in [-0.05, 0) is 52.4 Å². The molecule has 0 aliphatic rings. The monoisotopic (exact) mass is 439 g/mol. The van der Waals surface area contributed by atoms with Gasteiger partial charge in [0.2, 0.25) is 0 Å². The largest absolute Gasteiger partial charge is 0.457 e. The third-order valence-corrected chi connectivity index (χ3v) is 4.66. The number of rotatable bonds is 3. The molecule has 0 radical (unpaired) electrons. The molecule has 1 heterocycles. The Kier molecular flexibility index (Phi) is 4.36. The van der Waals surface area contributed by atoms with Crippen molar-refractivity contribution in [1.29, 1.82) is 0 Å². The van der Waals surface area contributed by atoms with Crippen molar-refractivity contribution < 1.29 is 9.53 Å². The van der Waals surface area contributed by atoms with Crippen LogP contribution < -0.4 is 0 Å². The highest BCUT2D eigenvalue weighted by atomic mass is 127. The number of carbonyl (C=O) groups excluding carboxylic acids is 1. The van der Waals surface area contributed by atoms with Gasteiger partial charge in [-0.1, -0.05) is 48.5 Å². The topological polar surface area (TPSA) is 39.2 Å². The van der Waals surface area contributed by atoms with E-state index in [0.717, 1.165) is 30.9 Å². The van der Waals surface area contributed by atoms with Gasteiger partial charge >= 0.3 is 5.97 Å². The Hall–Kier alpha value is -2.47. The van der Waals surface area contributed by atoms with E-state index in [1.807, 2.05) is 72.8 Å². The maximum Gasteiger partial charge on any atom is 0.339 e. The van der Waals surface area contributed by atoms with E-state index in [0.29, 0.717) is 5.56 Å². The van der Waals surface area contributed by atoms with E-state index in [1.165, 1.54) is 0 Å². The zero-order valence-corrected chi connectivity index (χ0v) is 15.4. The number of pyridine rings is 1. The summed E-state index contributed by atoms with van der Waals surface area (Å²) in [5, 5.41) is 1.82. The van der Waals surface area contributed by atoms with E-state index >= 15 is 0 Å². The highest BCUT2D eigenvalue weighted by Gasteiger charge is 2.14. The first-order valence-corrected chi connectivity index (χ1v) is 8.99. The Bertz CT molecular complexity index is 1080. The summed E-state index contributed by atoms with van der Waals surface area (Å²) in [7, 11) is 0. The lowest BCUT2D eigenvalue weighted by Gasteiger charge is -2.09. The molecule has 0 atom stereocenters. The quantitative estimate of drug-likeness (QED) is 0.246. The minimum Gasteiger partial charge on any atom is -0.457 e. The van der Waals surface area contributed by atoms with Gasteiger partial charge in [0.05, 0.1) is 16.6 Å². The predicted molar refractivity (Wildman–Crippen MR) is 108 cm³/mol. The number of benzene rings is 3. The number of hydrogen-bond donors (Lipinski definition) is 0. The summed E-state index contributed by atoms with van der Waals surface area (Å²) >= 11 is 2.20. The molecular formula is C21H14INO2. The van der Waals surface area contributed by atoms with Gasteiger partial charge in [0, 0.05) is 14.3 Å². The minimum atomic E-state index is -0.329. The molecule has 0 unspecified atom stereocenters. The van der Waals surface area contributed by atoms with E-state index in [2.05, 4.69) is 27.6 Å². The molecule has 3 aromatic carbocycles. The molecule has 25 heavy (non-hydrogen) atoms. The van der Waals surface area contributed by atoms with Crippen molar-refractivity contribution in [1.82, 2.24) is 4.98 Å². The average molecular weight is 439 g/mol. The van der Waals surface area contributed by atoms with Crippen molar-refractivity contribution in [3.63, 3.8) is 0 Å². The summed E-state index contributed by atoms with van der Waals surface area (Å²) in [6, 6.07) is 23.4. The van der Waals surface area contributed by atoms with Crippen LogP contribution in [0.2, 0.25) is 0 Å². The van der Waals surface area contributed by atoms with Crippen LogP contribution in [0, 0.1) is 3.57 Å². The van der Waals surface area contributed by atoms with Crippen molar-refractivity contribution in [3.05, 3.63) is 87.5 Å². The van der Waals surface area contributed by atoms with E-state index < -0.39 is 0 Å². The van der Waals surface area contributed by atoms with Crippen molar-refractivity contribution in [3.8, 4) is 0 Å². The average Bonchev–Trinajstić information content (AvgIpc) is 2.64. The number of esters is 1. The molecule has 122 valence electrons. The molecule has 0 aliphatic heterocycles. The third kappa shape index (κ3) is 3.35. The number of ether oxygens (including phenoxy) is 1. The summed E-state index contributed by atoms with van der Waals surface area (Å²) < 4.78 is 6.48. The SMILES string of the molecule is O=C(OCc1ccccc1)c1cc(I)cc2nc3ccccc3cc12. The van der Waals surface area contributed by atoms with Crippen molar-refractivity contribution in [2.24, 2.45) is 0 Å². The van der Waals surface area contributed by atoms with Gasteiger partial charge in [-0.3, -0.25) is 0 Å². The van der Waals surface area contributed by atoms with Crippen LogP contribution in [0.15, 0.2) is 72.8 Å². The summed E-state index contributed by atoms with van der Waals surface area (Å²) in [6.07, 6.45) is 0. The first-order valence-electron chi connectivity index (χ1n) is 7.91. The molecule has 0 fully saturated rings. The van der Waals surface area contributed by atoms with Gasteiger partial charge in [-0.25, -0.2) is 9.78 Å². The maximum atomic E-state index is 12.7. The van der Waals surface area contributed by atoms with Crippen LogP contribution >= 0.6 is 22.6 Å². The van der Waals surface area contributed by atoms with Crippen LogP contribution in [-0.2, 0) is 11.3 Å². The standard InChI is InChI=1S/C21H14INO2/c22-16-11-18(21(24)25-13-14-6-2-1-3-7-14)17-10-15-8-4-5-9-19(15)23-20(17)12-16/h1-12H,13H2. The second-order valence-corrected chi connectivity index (χ2v) is 7.01. The number of hydrogen-bond acceptors (Lipinski definition) is 3. The lowest BCUT2D eigenvalue weighted by molar-refractivity contribution is 0.0475. The van der Waals surface area contributed by atoms with E-state index in [-0.39, 0.29) is 12.6 Å². The molecule has 0 amide bonds. The first kappa shape index (κ1) is 16.0. The molecule has 3 nitrogen and oxygen atoms in total. The Balaban J connectivity index is 1.74. The lowest BCUT2D eigenvalue weighted by Crippen LogP contribution is -2.07. The first-order chi connectivity index (χ1) is 12.2. The van der Waals surface area contributed by atoms with Crippen LogP contribution in [0.25, 0.3) is 21.8 Å². The van der Waals surface area contributed by atoms with Crippen molar-refractivity contribution in [2.45, 2.75) is 6.61 Å². The summed E-state index contributed by atoms with van der Waals surface area (Å²) in [5.74, 6) is -0.329. The smallest absolute Gasteiger partial charge is 0.339 e. The van der Waals surface area contributed by atoms with E-state index in [4.69, 9.17) is 4.74 Å². The van der Waals surface area contributed by atoms with Crippen LogP contribution in [0.3, 0.4) is 0 Å². The van der Waals surface area contributed by atoms with Crippen molar-refractivity contribution in [2.75, 3.05) is 0 Å². The van der Waals surface area contributed by atoms with Gasteiger partial charge in [0.25, 0.3) is 0 Å². The molecule has 0 spiro atoms. The normalized spacial score (nSPS) is 10.9. The second kappa shape index (κ2) is 6.80. The van der Waals surface area contributed by atoms with Crippen LogP contribution in [0.1, 0.15) is 15.9 Å². The number of para-hydroxylation sites is 1. The molecule has 0 bridgehead atoms. The molecule has 4 heteroatoms. The summed E-state index contributed by atoms with van der Waals surface area (Å²) in [6.45, 7) is 0.258. The number of aromatic nitrogens is 1. The maximum absolute atomic E-state index is 12.7. The highest BCUT2D eigenvalue weighted by Crippen LogP contribution is 2.26. The Morgan fingerprint density at radius 1 is 0.920 bits per heavy atom. The number of carbonyl (C=O) groups is 1. The predicted octanol–water partition coefficient (Wildman–Crippen LogP) is 5.35. The molecule has 0 aliphatic carbocycles. The fourth-order valence-corrected chi connectivity index (χ4v) is 3.42. The number of nitrogens with zero attached hydrogens (tertiary/aromatic N) is 1. The number of halogens is 1. The Morgan fingerprint density at radius 3 is 2.52 bits per heavy atom. The van der Waals surface area contributed by atoms with Crippen LogP contribution in [0.4, 0.5) is 0 Å². The zero-order chi connectivity index (χ0) is 17.2. The molecular weight excluding hydrogens is 425 g/mol. The Labute approximate surface area is 158 Å². The molecule has 0 saturated heterocycles. The molecule has 1 aromatic heterocycles. The third-order valence-electron chi connectivity index (χ3n) is 4.03. The second-order valence-electron chi connectivity index (χ2n) is 5.76. The van der Waals surface area contributed by atoms with Gasteiger partial charge in [-0.2, -0.15) is 0 Å².